The molecule has 0 spiro atoms. The van der Waals surface area contributed by atoms with Gasteiger partial charge in [-0.15, -0.1) is 0 Å². The Morgan fingerprint density at radius 2 is 2.31 bits per heavy atom. The smallest absolute Gasteiger partial charge is 0.338 e. The highest BCUT2D eigenvalue weighted by molar-refractivity contribution is 5.90. The van der Waals surface area contributed by atoms with E-state index in [0.29, 0.717) is 6.54 Å². The van der Waals surface area contributed by atoms with Gasteiger partial charge in [-0.3, -0.25) is 4.79 Å². The molecule has 1 saturated heterocycles. The Hall–Kier alpha value is -1.91. The van der Waals surface area contributed by atoms with E-state index < -0.39 is 17.9 Å². The zero-order valence-electron chi connectivity index (χ0n) is 8.40. The summed E-state index contributed by atoms with van der Waals surface area (Å²) in [6.07, 6.45) is -0.288. The van der Waals surface area contributed by atoms with E-state index >= 15 is 0 Å². The molecule has 1 aromatic carbocycles. The summed E-state index contributed by atoms with van der Waals surface area (Å²) in [6, 6.07) is 5.25. The van der Waals surface area contributed by atoms with Crippen LogP contribution < -0.4 is 5.32 Å². The van der Waals surface area contributed by atoms with Gasteiger partial charge >= 0.3 is 5.97 Å². The lowest BCUT2D eigenvalue weighted by atomic mass is 10.2. The lowest BCUT2D eigenvalue weighted by molar-refractivity contribution is -0.119. The zero-order valence-corrected chi connectivity index (χ0v) is 8.40. The Morgan fingerprint density at radius 1 is 1.50 bits per heavy atom. The molecule has 1 amide bonds. The van der Waals surface area contributed by atoms with Gasteiger partial charge in [0.1, 0.15) is 11.9 Å². The number of esters is 1. The fraction of sp³-hybridized carbons (Fsp3) is 0.273. The average molecular weight is 223 g/mol. The predicted molar refractivity (Wildman–Crippen MR) is 53.2 cm³/mol. The molecule has 0 aliphatic carbocycles. The van der Waals surface area contributed by atoms with Crippen LogP contribution >= 0.6 is 0 Å². The van der Waals surface area contributed by atoms with Crippen molar-refractivity contribution >= 4 is 11.9 Å². The second-order valence-corrected chi connectivity index (χ2v) is 3.55. The largest absolute Gasteiger partial charge is 0.456 e. The van der Waals surface area contributed by atoms with Crippen molar-refractivity contribution in [3.05, 3.63) is 35.6 Å². The minimum atomic E-state index is -0.610. The third-order valence-electron chi connectivity index (χ3n) is 2.27. The van der Waals surface area contributed by atoms with E-state index in [-0.39, 0.29) is 17.9 Å². The zero-order chi connectivity index (χ0) is 11.5. The molecule has 0 aromatic heterocycles. The molecule has 1 fully saturated rings. The van der Waals surface area contributed by atoms with Crippen LogP contribution in [0.4, 0.5) is 4.39 Å². The van der Waals surface area contributed by atoms with Crippen LogP contribution in [0.3, 0.4) is 0 Å². The minimum absolute atomic E-state index is 0.142. The molecule has 1 heterocycles. The molecule has 0 saturated carbocycles. The molecule has 1 atom stereocenters. The van der Waals surface area contributed by atoms with Crippen LogP contribution in [-0.4, -0.2) is 24.5 Å². The average Bonchev–Trinajstić information content (AvgIpc) is 2.64. The first kappa shape index (κ1) is 10.6. The number of amides is 1. The van der Waals surface area contributed by atoms with E-state index in [9.17, 15) is 14.0 Å². The summed E-state index contributed by atoms with van der Waals surface area (Å²) >= 11 is 0. The summed E-state index contributed by atoms with van der Waals surface area (Å²) in [5.74, 6) is -1.24. The highest BCUT2D eigenvalue weighted by atomic mass is 19.1. The second kappa shape index (κ2) is 4.30. The molecule has 1 N–H and O–H groups in total. The van der Waals surface area contributed by atoms with Crippen LogP contribution in [-0.2, 0) is 9.53 Å². The molecule has 1 aromatic rings. The van der Waals surface area contributed by atoms with Gasteiger partial charge in [0.15, 0.2) is 0 Å². The number of hydrogen-bond donors (Lipinski definition) is 1. The molecule has 1 aliphatic rings. The van der Waals surface area contributed by atoms with Crippen LogP contribution in [0.25, 0.3) is 0 Å². The molecule has 84 valence electrons. The van der Waals surface area contributed by atoms with Gasteiger partial charge in [0.2, 0.25) is 5.91 Å². The van der Waals surface area contributed by atoms with Crippen molar-refractivity contribution < 1.29 is 18.7 Å². The standard InChI is InChI=1S/C11H10FNO3/c12-8-3-1-2-7(4-8)11(15)16-9-5-10(14)13-6-9/h1-4,9H,5-6H2,(H,13,14). The summed E-state index contributed by atoms with van der Waals surface area (Å²) in [5.41, 5.74) is 0.152. The van der Waals surface area contributed by atoms with Crippen molar-refractivity contribution in [2.75, 3.05) is 6.54 Å². The maximum absolute atomic E-state index is 12.8. The Morgan fingerprint density at radius 3 is 2.94 bits per heavy atom. The molecule has 1 aliphatic heterocycles. The summed E-state index contributed by atoms with van der Waals surface area (Å²) < 4.78 is 17.9. The predicted octanol–water partition coefficient (Wildman–Crippen LogP) is 0.871. The number of carbonyl (C=O) groups is 2. The molecule has 0 radical (unpaired) electrons. The van der Waals surface area contributed by atoms with E-state index in [1.807, 2.05) is 0 Å². The van der Waals surface area contributed by atoms with E-state index in [2.05, 4.69) is 5.32 Å². The molecule has 1 unspecified atom stereocenters. The van der Waals surface area contributed by atoms with Crippen LogP contribution in [0.1, 0.15) is 16.8 Å². The quantitative estimate of drug-likeness (QED) is 0.757. The number of ether oxygens (including phenoxy) is 1. The first-order valence-electron chi connectivity index (χ1n) is 4.88. The number of benzene rings is 1. The number of hydrogen-bond acceptors (Lipinski definition) is 3. The summed E-state index contributed by atoms with van der Waals surface area (Å²) in [4.78, 5) is 22.4. The van der Waals surface area contributed by atoms with E-state index in [4.69, 9.17) is 4.74 Å². The third-order valence-corrected chi connectivity index (χ3v) is 2.27. The number of carbonyl (C=O) groups excluding carboxylic acids is 2. The molecule has 16 heavy (non-hydrogen) atoms. The van der Waals surface area contributed by atoms with Crippen molar-refractivity contribution in [2.24, 2.45) is 0 Å². The minimum Gasteiger partial charge on any atom is -0.456 e. The normalized spacial score (nSPS) is 19.3. The van der Waals surface area contributed by atoms with Crippen LogP contribution in [0.2, 0.25) is 0 Å². The van der Waals surface area contributed by atoms with Gasteiger partial charge in [-0.25, -0.2) is 9.18 Å². The SMILES string of the molecule is O=C1CC(OC(=O)c2cccc(F)c2)CN1. The molecule has 0 bridgehead atoms. The molecular weight excluding hydrogens is 213 g/mol. The van der Waals surface area contributed by atoms with E-state index in [1.165, 1.54) is 18.2 Å². The fourth-order valence-electron chi connectivity index (χ4n) is 1.50. The van der Waals surface area contributed by atoms with Gasteiger partial charge in [-0.1, -0.05) is 6.07 Å². The number of halogens is 1. The van der Waals surface area contributed by atoms with Gasteiger partial charge in [0.05, 0.1) is 18.5 Å². The maximum Gasteiger partial charge on any atom is 0.338 e. The maximum atomic E-state index is 12.8. The molecule has 4 nitrogen and oxygen atoms in total. The molecule has 2 rings (SSSR count). The summed E-state index contributed by atoms with van der Waals surface area (Å²) in [5, 5.41) is 2.55. The highest BCUT2D eigenvalue weighted by Crippen LogP contribution is 2.10. The Bertz CT molecular complexity index is 433. The Kier molecular flexibility index (Phi) is 2.85. The lowest BCUT2D eigenvalue weighted by Gasteiger charge is -2.09. The topological polar surface area (TPSA) is 55.4 Å². The van der Waals surface area contributed by atoms with Gasteiger partial charge in [-0.05, 0) is 18.2 Å². The second-order valence-electron chi connectivity index (χ2n) is 3.55. The Balaban J connectivity index is 2.00. The third kappa shape index (κ3) is 2.36. The van der Waals surface area contributed by atoms with Crippen molar-refractivity contribution in [3.63, 3.8) is 0 Å². The van der Waals surface area contributed by atoms with Crippen molar-refractivity contribution in [1.82, 2.24) is 5.32 Å². The van der Waals surface area contributed by atoms with Gasteiger partial charge in [-0.2, -0.15) is 0 Å². The van der Waals surface area contributed by atoms with Crippen LogP contribution in [0.15, 0.2) is 24.3 Å². The van der Waals surface area contributed by atoms with E-state index in [1.54, 1.807) is 0 Å². The lowest BCUT2D eigenvalue weighted by Crippen LogP contribution is -2.21. The molecule has 5 heteroatoms. The van der Waals surface area contributed by atoms with Gasteiger partial charge in [0.25, 0.3) is 0 Å². The van der Waals surface area contributed by atoms with Gasteiger partial charge < -0.3 is 10.1 Å². The van der Waals surface area contributed by atoms with Gasteiger partial charge in [0, 0.05) is 0 Å². The number of rotatable bonds is 2. The van der Waals surface area contributed by atoms with E-state index in [0.717, 1.165) is 6.07 Å². The van der Waals surface area contributed by atoms with Crippen molar-refractivity contribution in [2.45, 2.75) is 12.5 Å². The van der Waals surface area contributed by atoms with Crippen LogP contribution in [0.5, 0.6) is 0 Å². The Labute approximate surface area is 91.4 Å². The number of nitrogens with one attached hydrogen (secondary N) is 1. The monoisotopic (exact) mass is 223 g/mol. The summed E-state index contributed by atoms with van der Waals surface area (Å²) in [7, 11) is 0. The first-order valence-corrected chi connectivity index (χ1v) is 4.88. The highest BCUT2D eigenvalue weighted by Gasteiger charge is 2.25. The first-order chi connectivity index (χ1) is 7.65. The fourth-order valence-corrected chi connectivity index (χ4v) is 1.50. The summed E-state index contributed by atoms with van der Waals surface area (Å²) in [6.45, 7) is 0.319. The van der Waals surface area contributed by atoms with Crippen molar-refractivity contribution in [1.29, 1.82) is 0 Å². The van der Waals surface area contributed by atoms with Crippen molar-refractivity contribution in [3.8, 4) is 0 Å². The molecular formula is C11H10FNO3. The van der Waals surface area contributed by atoms with Crippen LogP contribution in [0, 0.1) is 5.82 Å².